The van der Waals surface area contributed by atoms with Gasteiger partial charge in [0.05, 0.1) is 6.04 Å². The Hall–Kier alpha value is -2.73. The molecule has 4 rings (SSSR count). The van der Waals surface area contributed by atoms with Crippen LogP contribution >= 0.6 is 0 Å². The Morgan fingerprint density at radius 3 is 2.76 bits per heavy atom. The first-order chi connectivity index (χ1) is 12.3. The van der Waals surface area contributed by atoms with Gasteiger partial charge in [0.25, 0.3) is 0 Å². The van der Waals surface area contributed by atoms with Crippen LogP contribution in [-0.4, -0.2) is 34.1 Å². The molecule has 1 aromatic carbocycles. The van der Waals surface area contributed by atoms with Crippen LogP contribution in [0.4, 0.5) is 10.2 Å². The van der Waals surface area contributed by atoms with Gasteiger partial charge in [-0.15, -0.1) is 0 Å². The lowest BCUT2D eigenvalue weighted by molar-refractivity contribution is 0.487. The molecule has 5 nitrogen and oxygen atoms in total. The van der Waals surface area contributed by atoms with E-state index in [4.69, 9.17) is 0 Å². The minimum atomic E-state index is -0.270. The van der Waals surface area contributed by atoms with Crippen molar-refractivity contribution in [2.75, 3.05) is 18.0 Å². The van der Waals surface area contributed by atoms with Crippen molar-refractivity contribution >= 4 is 5.82 Å². The summed E-state index contributed by atoms with van der Waals surface area (Å²) in [7, 11) is 0. The number of pyridine rings is 1. The predicted molar refractivity (Wildman–Crippen MR) is 94.8 cm³/mol. The minimum Gasteiger partial charge on any atom is -0.353 e. The van der Waals surface area contributed by atoms with Crippen molar-refractivity contribution in [2.24, 2.45) is 0 Å². The van der Waals surface area contributed by atoms with E-state index in [-0.39, 0.29) is 17.9 Å². The maximum atomic E-state index is 14.0. The number of halogens is 1. The largest absolute Gasteiger partial charge is 0.353 e. The molecule has 0 aliphatic carbocycles. The summed E-state index contributed by atoms with van der Waals surface area (Å²) < 4.78 is 14.0. The molecule has 128 valence electrons. The quantitative estimate of drug-likeness (QED) is 0.752. The molecule has 0 bridgehead atoms. The van der Waals surface area contributed by atoms with Crippen LogP contribution in [0.2, 0.25) is 0 Å². The zero-order chi connectivity index (χ0) is 17.1. The van der Waals surface area contributed by atoms with Crippen LogP contribution in [-0.2, 0) is 0 Å². The number of benzene rings is 1. The summed E-state index contributed by atoms with van der Waals surface area (Å²) in [4.78, 5) is 13.8. The molecule has 2 atom stereocenters. The van der Waals surface area contributed by atoms with Crippen molar-refractivity contribution in [3.63, 3.8) is 0 Å². The predicted octanol–water partition coefficient (Wildman–Crippen LogP) is 2.90. The van der Waals surface area contributed by atoms with E-state index in [9.17, 15) is 4.39 Å². The van der Waals surface area contributed by atoms with Crippen molar-refractivity contribution in [3.8, 4) is 0 Å². The molecule has 6 heteroatoms. The van der Waals surface area contributed by atoms with Gasteiger partial charge in [-0.1, -0.05) is 30.3 Å². The molecule has 3 heterocycles. The first-order valence-electron chi connectivity index (χ1n) is 8.47. The highest BCUT2D eigenvalue weighted by Crippen LogP contribution is 2.25. The normalized spacial score (nSPS) is 18.4. The van der Waals surface area contributed by atoms with E-state index in [1.165, 1.54) is 6.07 Å². The average molecular weight is 337 g/mol. The highest BCUT2D eigenvalue weighted by Gasteiger charge is 2.28. The summed E-state index contributed by atoms with van der Waals surface area (Å²) >= 11 is 0. The topological polar surface area (TPSA) is 56.8 Å². The third kappa shape index (κ3) is 3.39. The summed E-state index contributed by atoms with van der Waals surface area (Å²) in [5, 5.41) is 3.67. The van der Waals surface area contributed by atoms with Gasteiger partial charge in [0.2, 0.25) is 0 Å². The molecule has 2 unspecified atom stereocenters. The van der Waals surface area contributed by atoms with Crippen molar-refractivity contribution < 1.29 is 4.39 Å². The number of hydrogen-bond donors (Lipinski definition) is 2. The second kappa shape index (κ2) is 7.03. The third-order valence-corrected chi connectivity index (χ3v) is 4.55. The number of aromatic nitrogens is 3. The summed E-state index contributed by atoms with van der Waals surface area (Å²) in [5.74, 6) is 1.04. The number of hydrogen-bond acceptors (Lipinski definition) is 4. The smallest absolute Gasteiger partial charge is 0.165 e. The van der Waals surface area contributed by atoms with Gasteiger partial charge in [-0.25, -0.2) is 14.4 Å². The Morgan fingerprint density at radius 2 is 2.00 bits per heavy atom. The van der Waals surface area contributed by atoms with Crippen LogP contribution in [0.15, 0.2) is 61.1 Å². The number of aromatic amines is 1. The molecule has 1 aliphatic heterocycles. The average Bonchev–Trinajstić information content (AvgIpc) is 3.33. The van der Waals surface area contributed by atoms with Gasteiger partial charge in [0.15, 0.2) is 11.6 Å². The molecule has 2 N–H and O–H groups in total. The van der Waals surface area contributed by atoms with Crippen LogP contribution in [0, 0.1) is 5.82 Å². The lowest BCUT2D eigenvalue weighted by atomic mass is 10.0. The molecule has 1 aliphatic rings. The van der Waals surface area contributed by atoms with Gasteiger partial charge in [0, 0.05) is 37.7 Å². The molecular weight excluding hydrogens is 317 g/mol. The van der Waals surface area contributed by atoms with Gasteiger partial charge in [0.1, 0.15) is 5.82 Å². The molecule has 0 amide bonds. The molecule has 3 aromatic rings. The van der Waals surface area contributed by atoms with Crippen molar-refractivity contribution in [1.29, 1.82) is 0 Å². The van der Waals surface area contributed by atoms with E-state index in [1.54, 1.807) is 18.5 Å². The van der Waals surface area contributed by atoms with Crippen LogP contribution < -0.4 is 10.2 Å². The highest BCUT2D eigenvalue weighted by atomic mass is 19.1. The number of H-pyrrole nitrogens is 1. The summed E-state index contributed by atoms with van der Waals surface area (Å²) in [6.07, 6.45) is 6.16. The number of imidazole rings is 1. The second-order valence-corrected chi connectivity index (χ2v) is 6.23. The van der Waals surface area contributed by atoms with Gasteiger partial charge >= 0.3 is 0 Å². The third-order valence-electron chi connectivity index (χ3n) is 4.55. The molecule has 0 radical (unpaired) electrons. The lowest BCUT2D eigenvalue weighted by Gasteiger charge is -2.23. The van der Waals surface area contributed by atoms with E-state index in [0.717, 1.165) is 30.9 Å². The number of rotatable bonds is 5. The summed E-state index contributed by atoms with van der Waals surface area (Å²) in [5.41, 5.74) is 1.15. The monoisotopic (exact) mass is 337 g/mol. The highest BCUT2D eigenvalue weighted by molar-refractivity contribution is 5.41. The molecular formula is C19H20FN5. The number of anilines is 1. The summed E-state index contributed by atoms with van der Waals surface area (Å²) in [6, 6.07) is 13.5. The van der Waals surface area contributed by atoms with Crippen LogP contribution in [0.25, 0.3) is 0 Å². The van der Waals surface area contributed by atoms with Gasteiger partial charge in [-0.05, 0) is 24.1 Å². The fourth-order valence-corrected chi connectivity index (χ4v) is 3.35. The fourth-order valence-electron chi connectivity index (χ4n) is 3.35. The van der Waals surface area contributed by atoms with Crippen molar-refractivity contribution in [2.45, 2.75) is 18.5 Å². The minimum absolute atomic E-state index is 0.0188. The zero-order valence-corrected chi connectivity index (χ0v) is 13.8. The Morgan fingerprint density at radius 1 is 1.12 bits per heavy atom. The maximum absolute atomic E-state index is 14.0. The van der Waals surface area contributed by atoms with E-state index < -0.39 is 0 Å². The number of nitrogens with zero attached hydrogens (tertiary/aromatic N) is 3. The molecule has 1 saturated heterocycles. The SMILES string of the molecule is Fc1cccnc1N1CCC(NC(c2ccccc2)c2ncc[nH]2)C1. The van der Waals surface area contributed by atoms with Gasteiger partial charge < -0.3 is 9.88 Å². The second-order valence-electron chi connectivity index (χ2n) is 6.23. The Labute approximate surface area is 145 Å². The van der Waals surface area contributed by atoms with E-state index in [0.29, 0.717) is 5.82 Å². The van der Waals surface area contributed by atoms with Crippen LogP contribution in [0.3, 0.4) is 0 Å². The van der Waals surface area contributed by atoms with Crippen LogP contribution in [0.1, 0.15) is 23.9 Å². The molecule has 25 heavy (non-hydrogen) atoms. The maximum Gasteiger partial charge on any atom is 0.165 e. The van der Waals surface area contributed by atoms with Crippen molar-refractivity contribution in [1.82, 2.24) is 20.3 Å². The van der Waals surface area contributed by atoms with Crippen molar-refractivity contribution in [3.05, 3.63) is 78.3 Å². The Bertz CT molecular complexity index is 806. The molecule has 2 aromatic heterocycles. The van der Waals surface area contributed by atoms with Gasteiger partial charge in [-0.2, -0.15) is 0 Å². The first kappa shape index (κ1) is 15.8. The van der Waals surface area contributed by atoms with Gasteiger partial charge in [-0.3, -0.25) is 5.32 Å². The standard InChI is InChI=1S/C19H20FN5/c20-16-7-4-9-23-19(16)25-12-8-15(13-25)24-17(18-21-10-11-22-18)14-5-2-1-3-6-14/h1-7,9-11,15,17,24H,8,12-13H2,(H,21,22). The Kier molecular flexibility index (Phi) is 4.43. The fraction of sp³-hybridized carbons (Fsp3) is 0.263. The summed E-state index contributed by atoms with van der Waals surface area (Å²) in [6.45, 7) is 1.50. The molecule has 1 fully saturated rings. The van der Waals surface area contributed by atoms with E-state index >= 15 is 0 Å². The lowest BCUT2D eigenvalue weighted by Crippen LogP contribution is -2.36. The van der Waals surface area contributed by atoms with Crippen LogP contribution in [0.5, 0.6) is 0 Å². The molecule has 0 saturated carbocycles. The molecule has 0 spiro atoms. The number of nitrogens with one attached hydrogen (secondary N) is 2. The Balaban J connectivity index is 1.51. The first-order valence-corrected chi connectivity index (χ1v) is 8.47. The van der Waals surface area contributed by atoms with E-state index in [2.05, 4.69) is 32.4 Å². The van der Waals surface area contributed by atoms with E-state index in [1.807, 2.05) is 29.3 Å². The zero-order valence-electron chi connectivity index (χ0n) is 13.8.